The molecule has 2 heterocycles. The summed E-state index contributed by atoms with van der Waals surface area (Å²) in [6, 6.07) is -0.0316. The van der Waals surface area contributed by atoms with E-state index in [1.54, 1.807) is 7.11 Å². The molecule has 0 unspecified atom stereocenters. The van der Waals surface area contributed by atoms with Crippen LogP contribution in [0.1, 0.15) is 29.0 Å². The van der Waals surface area contributed by atoms with E-state index >= 15 is 0 Å². The fourth-order valence-electron chi connectivity index (χ4n) is 1.65. The lowest BCUT2D eigenvalue weighted by Gasteiger charge is -2.04. The molecular weight excluding hydrogens is 212 g/mol. The Hall–Kier alpha value is -1.47. The molecular formula is C9H14N4O3. The number of nitrogens with zero attached hydrogens (tertiary/aromatic N) is 2. The number of aromatic nitrogens is 2. The fraction of sp³-hybridized carbons (Fsp3) is 0.667. The lowest BCUT2D eigenvalue weighted by atomic mass is 10.2. The zero-order valence-corrected chi connectivity index (χ0v) is 9.19. The van der Waals surface area contributed by atoms with E-state index in [9.17, 15) is 4.79 Å². The van der Waals surface area contributed by atoms with Crippen molar-refractivity contribution in [1.29, 1.82) is 0 Å². The first-order valence-corrected chi connectivity index (χ1v) is 5.06. The van der Waals surface area contributed by atoms with E-state index in [2.05, 4.69) is 20.8 Å². The minimum absolute atomic E-state index is 0.0316. The summed E-state index contributed by atoms with van der Waals surface area (Å²) in [5, 5.41) is 9.23. The summed E-state index contributed by atoms with van der Waals surface area (Å²) < 4.78 is 10.2. The van der Waals surface area contributed by atoms with Gasteiger partial charge in [0.2, 0.25) is 5.89 Å². The molecule has 0 aliphatic carbocycles. The molecule has 2 rings (SSSR count). The SMILES string of the molecule is CNC(=O)c1noc([C@H]2C[C@H](OC)CN2)n1. The molecule has 1 aliphatic rings. The fourth-order valence-corrected chi connectivity index (χ4v) is 1.65. The first kappa shape index (κ1) is 11.0. The maximum Gasteiger partial charge on any atom is 0.292 e. The molecule has 1 aromatic heterocycles. The minimum Gasteiger partial charge on any atom is -0.380 e. The average molecular weight is 226 g/mol. The first-order valence-electron chi connectivity index (χ1n) is 5.06. The predicted octanol–water partition coefficient (Wildman–Crippen LogP) is -0.521. The highest BCUT2D eigenvalue weighted by atomic mass is 16.5. The number of hydrogen-bond donors (Lipinski definition) is 2. The lowest BCUT2D eigenvalue weighted by molar-refractivity contribution is 0.0949. The first-order chi connectivity index (χ1) is 7.74. The van der Waals surface area contributed by atoms with Crippen molar-refractivity contribution in [1.82, 2.24) is 20.8 Å². The normalized spacial score (nSPS) is 24.6. The number of carbonyl (C=O) groups is 1. The van der Waals surface area contributed by atoms with Crippen LogP contribution in [0.3, 0.4) is 0 Å². The average Bonchev–Trinajstić information content (AvgIpc) is 2.95. The summed E-state index contributed by atoms with van der Waals surface area (Å²) in [5.41, 5.74) is 0. The predicted molar refractivity (Wildman–Crippen MR) is 53.8 cm³/mol. The molecule has 7 nitrogen and oxygen atoms in total. The van der Waals surface area contributed by atoms with Crippen molar-refractivity contribution in [2.24, 2.45) is 0 Å². The Morgan fingerprint density at radius 3 is 3.12 bits per heavy atom. The van der Waals surface area contributed by atoms with Crippen LogP contribution in [0.4, 0.5) is 0 Å². The van der Waals surface area contributed by atoms with Gasteiger partial charge in [-0.25, -0.2) is 0 Å². The maximum absolute atomic E-state index is 11.2. The molecule has 7 heteroatoms. The molecule has 0 bridgehead atoms. The standard InChI is InChI=1S/C9H14N4O3/c1-10-8(14)7-12-9(16-13-7)6-3-5(15-2)4-11-6/h5-6,11H,3-4H2,1-2H3,(H,10,14)/t5-,6+/m0/s1. The molecule has 1 amide bonds. The second kappa shape index (κ2) is 4.58. The molecule has 0 spiro atoms. The molecule has 1 fully saturated rings. The van der Waals surface area contributed by atoms with Crippen molar-refractivity contribution in [3.63, 3.8) is 0 Å². The smallest absolute Gasteiger partial charge is 0.292 e. The van der Waals surface area contributed by atoms with Gasteiger partial charge in [-0.15, -0.1) is 0 Å². The van der Waals surface area contributed by atoms with E-state index in [1.165, 1.54) is 7.05 Å². The molecule has 1 aromatic rings. The Kier molecular flexibility index (Phi) is 3.16. The summed E-state index contributed by atoms with van der Waals surface area (Å²) in [6.45, 7) is 0.749. The van der Waals surface area contributed by atoms with Crippen LogP contribution in [0.2, 0.25) is 0 Å². The highest BCUT2D eigenvalue weighted by molar-refractivity contribution is 5.89. The van der Waals surface area contributed by atoms with Gasteiger partial charge in [0, 0.05) is 20.7 Å². The van der Waals surface area contributed by atoms with Gasteiger partial charge in [-0.1, -0.05) is 5.16 Å². The molecule has 1 aliphatic heterocycles. The molecule has 0 saturated carbocycles. The minimum atomic E-state index is -0.351. The Balaban J connectivity index is 2.05. The zero-order valence-electron chi connectivity index (χ0n) is 9.19. The van der Waals surface area contributed by atoms with Crippen LogP contribution in [0.25, 0.3) is 0 Å². The van der Waals surface area contributed by atoms with Crippen molar-refractivity contribution in [2.45, 2.75) is 18.6 Å². The van der Waals surface area contributed by atoms with Gasteiger partial charge in [0.1, 0.15) is 0 Å². The Bertz CT molecular complexity index is 379. The van der Waals surface area contributed by atoms with Gasteiger partial charge >= 0.3 is 0 Å². The van der Waals surface area contributed by atoms with Gasteiger partial charge in [0.05, 0.1) is 12.1 Å². The number of nitrogens with one attached hydrogen (secondary N) is 2. The van der Waals surface area contributed by atoms with E-state index in [-0.39, 0.29) is 23.9 Å². The van der Waals surface area contributed by atoms with Crippen LogP contribution < -0.4 is 10.6 Å². The highest BCUT2D eigenvalue weighted by Crippen LogP contribution is 2.23. The van der Waals surface area contributed by atoms with Gasteiger partial charge in [0.15, 0.2) is 0 Å². The van der Waals surface area contributed by atoms with Crippen LogP contribution in [-0.2, 0) is 4.74 Å². The van der Waals surface area contributed by atoms with Crippen molar-refractivity contribution in [3.05, 3.63) is 11.7 Å². The van der Waals surface area contributed by atoms with E-state index in [1.807, 2.05) is 0 Å². The topological polar surface area (TPSA) is 89.3 Å². The molecule has 88 valence electrons. The van der Waals surface area contributed by atoms with Crippen LogP contribution in [-0.4, -0.2) is 42.9 Å². The lowest BCUT2D eigenvalue weighted by Crippen LogP contribution is -2.20. The summed E-state index contributed by atoms with van der Waals surface area (Å²) in [5.74, 6) is 0.134. The van der Waals surface area contributed by atoms with Gasteiger partial charge in [0.25, 0.3) is 11.7 Å². The summed E-state index contributed by atoms with van der Waals surface area (Å²) in [4.78, 5) is 15.2. The number of carbonyl (C=O) groups excluding carboxylic acids is 1. The van der Waals surface area contributed by atoms with Crippen molar-refractivity contribution in [3.8, 4) is 0 Å². The van der Waals surface area contributed by atoms with Gasteiger partial charge in [-0.05, 0) is 6.42 Å². The second-order valence-electron chi connectivity index (χ2n) is 3.59. The number of hydrogen-bond acceptors (Lipinski definition) is 6. The van der Waals surface area contributed by atoms with Gasteiger partial charge in [-0.2, -0.15) is 4.98 Å². The number of methoxy groups -OCH3 is 1. The Morgan fingerprint density at radius 2 is 2.50 bits per heavy atom. The van der Waals surface area contributed by atoms with E-state index in [0.29, 0.717) is 5.89 Å². The molecule has 1 saturated heterocycles. The van der Waals surface area contributed by atoms with Crippen LogP contribution in [0.15, 0.2) is 4.52 Å². The quantitative estimate of drug-likeness (QED) is 0.720. The monoisotopic (exact) mass is 226 g/mol. The number of rotatable bonds is 3. The van der Waals surface area contributed by atoms with Crippen LogP contribution >= 0.6 is 0 Å². The van der Waals surface area contributed by atoms with E-state index in [0.717, 1.165) is 13.0 Å². The second-order valence-corrected chi connectivity index (χ2v) is 3.59. The maximum atomic E-state index is 11.2. The van der Waals surface area contributed by atoms with Crippen molar-refractivity contribution in [2.75, 3.05) is 20.7 Å². The van der Waals surface area contributed by atoms with Crippen LogP contribution in [0, 0.1) is 0 Å². The third-order valence-electron chi connectivity index (χ3n) is 2.59. The summed E-state index contributed by atoms with van der Waals surface area (Å²) in [7, 11) is 3.19. The molecule has 0 aromatic carbocycles. The zero-order chi connectivity index (χ0) is 11.5. The van der Waals surface area contributed by atoms with Crippen molar-refractivity contribution < 1.29 is 14.1 Å². The Morgan fingerprint density at radius 1 is 1.69 bits per heavy atom. The third-order valence-corrected chi connectivity index (χ3v) is 2.59. The number of ether oxygens (including phenoxy) is 1. The summed E-state index contributed by atoms with van der Waals surface area (Å²) in [6.07, 6.45) is 0.923. The van der Waals surface area contributed by atoms with Gasteiger partial charge < -0.3 is 19.9 Å². The number of amides is 1. The largest absolute Gasteiger partial charge is 0.380 e. The third kappa shape index (κ3) is 2.05. The van der Waals surface area contributed by atoms with E-state index < -0.39 is 0 Å². The molecule has 2 atom stereocenters. The Labute approximate surface area is 92.5 Å². The molecule has 2 N–H and O–H groups in total. The van der Waals surface area contributed by atoms with Gasteiger partial charge in [-0.3, -0.25) is 4.79 Å². The highest BCUT2D eigenvalue weighted by Gasteiger charge is 2.29. The molecule has 0 radical (unpaired) electrons. The molecule has 16 heavy (non-hydrogen) atoms. The summed E-state index contributed by atoms with van der Waals surface area (Å²) >= 11 is 0. The van der Waals surface area contributed by atoms with Crippen LogP contribution in [0.5, 0.6) is 0 Å². The van der Waals surface area contributed by atoms with Crippen molar-refractivity contribution >= 4 is 5.91 Å². The van der Waals surface area contributed by atoms with E-state index in [4.69, 9.17) is 9.26 Å².